The maximum Gasteiger partial charge on any atom is 0.349 e. The van der Waals surface area contributed by atoms with Crippen LogP contribution in [0, 0.1) is 0 Å². The van der Waals surface area contributed by atoms with E-state index in [-0.39, 0.29) is 5.97 Å². The molecule has 1 aliphatic rings. The van der Waals surface area contributed by atoms with E-state index in [0.717, 1.165) is 24.6 Å². The number of thiazole rings is 1. The highest BCUT2D eigenvalue weighted by Crippen LogP contribution is 2.26. The normalized spacial score (nSPS) is 20.2. The first-order valence-corrected chi connectivity index (χ1v) is 6.89. The molecular formula is C12H19N3O2S. The highest BCUT2D eigenvalue weighted by atomic mass is 32.1. The number of esters is 1. The van der Waals surface area contributed by atoms with E-state index in [1.807, 2.05) is 0 Å². The largest absolute Gasteiger partial charge is 0.465 e. The van der Waals surface area contributed by atoms with Gasteiger partial charge in [-0.25, -0.2) is 9.78 Å². The van der Waals surface area contributed by atoms with Crippen LogP contribution in [0.2, 0.25) is 0 Å². The second-order valence-corrected chi connectivity index (χ2v) is 5.71. The number of nitrogens with zero attached hydrogens (tertiary/aromatic N) is 3. The number of carbonyl (C=O) groups is 1. The van der Waals surface area contributed by atoms with Crippen LogP contribution in [0.3, 0.4) is 0 Å². The Kier molecular flexibility index (Phi) is 4.19. The van der Waals surface area contributed by atoms with E-state index in [1.54, 1.807) is 6.20 Å². The standard InChI is InChI=1S/C12H19N3O2S/c1-14(2)9-5-4-6-15(8-9)12-13-7-10(18-12)11(16)17-3/h7,9H,4-6,8H2,1-3H3. The van der Waals surface area contributed by atoms with Gasteiger partial charge in [0, 0.05) is 19.1 Å². The molecule has 0 spiro atoms. The van der Waals surface area contributed by atoms with Crippen LogP contribution < -0.4 is 4.90 Å². The zero-order valence-corrected chi connectivity index (χ0v) is 11.9. The summed E-state index contributed by atoms with van der Waals surface area (Å²) in [6.07, 6.45) is 3.99. The molecule has 1 fully saturated rings. The summed E-state index contributed by atoms with van der Waals surface area (Å²) < 4.78 is 4.70. The van der Waals surface area contributed by atoms with Crippen LogP contribution >= 0.6 is 11.3 Å². The third-order valence-corrected chi connectivity index (χ3v) is 4.32. The fourth-order valence-electron chi connectivity index (χ4n) is 2.16. The number of likely N-dealkylation sites (N-methyl/N-ethyl adjacent to an activating group) is 1. The molecule has 1 aromatic rings. The number of anilines is 1. The summed E-state index contributed by atoms with van der Waals surface area (Å²) >= 11 is 1.41. The van der Waals surface area contributed by atoms with E-state index < -0.39 is 0 Å². The minimum Gasteiger partial charge on any atom is -0.465 e. The van der Waals surface area contributed by atoms with Gasteiger partial charge in [0.1, 0.15) is 4.88 Å². The fourth-order valence-corrected chi connectivity index (χ4v) is 3.03. The minimum absolute atomic E-state index is 0.306. The minimum atomic E-state index is -0.306. The van der Waals surface area contributed by atoms with E-state index in [4.69, 9.17) is 4.74 Å². The van der Waals surface area contributed by atoms with Crippen molar-refractivity contribution in [2.45, 2.75) is 18.9 Å². The Labute approximate surface area is 111 Å². The van der Waals surface area contributed by atoms with E-state index in [1.165, 1.54) is 24.9 Å². The van der Waals surface area contributed by atoms with Crippen LogP contribution in [0.15, 0.2) is 6.20 Å². The molecule has 2 heterocycles. The van der Waals surface area contributed by atoms with Gasteiger partial charge < -0.3 is 14.5 Å². The molecule has 18 heavy (non-hydrogen) atoms. The molecule has 6 heteroatoms. The summed E-state index contributed by atoms with van der Waals surface area (Å²) in [7, 11) is 5.61. The molecule has 0 aliphatic carbocycles. The lowest BCUT2D eigenvalue weighted by atomic mass is 10.1. The van der Waals surface area contributed by atoms with Gasteiger partial charge in [0.25, 0.3) is 0 Å². The molecule has 1 aliphatic heterocycles. The molecule has 0 aromatic carbocycles. The number of rotatable bonds is 3. The molecule has 0 saturated carbocycles. The molecule has 1 saturated heterocycles. The summed E-state index contributed by atoms with van der Waals surface area (Å²) in [5, 5.41) is 0.918. The average Bonchev–Trinajstić information content (AvgIpc) is 2.87. The Bertz CT molecular complexity index is 419. The average molecular weight is 269 g/mol. The topological polar surface area (TPSA) is 45.7 Å². The zero-order chi connectivity index (χ0) is 13.1. The van der Waals surface area contributed by atoms with Crippen LogP contribution in [-0.2, 0) is 4.74 Å². The van der Waals surface area contributed by atoms with Crippen molar-refractivity contribution in [3.8, 4) is 0 Å². The van der Waals surface area contributed by atoms with E-state index in [0.29, 0.717) is 10.9 Å². The lowest BCUT2D eigenvalue weighted by molar-refractivity contribution is 0.0606. The van der Waals surface area contributed by atoms with Crippen molar-refractivity contribution in [3.63, 3.8) is 0 Å². The van der Waals surface area contributed by atoms with E-state index in [9.17, 15) is 4.79 Å². The number of piperidine rings is 1. The van der Waals surface area contributed by atoms with Gasteiger partial charge in [0.2, 0.25) is 0 Å². The highest BCUT2D eigenvalue weighted by molar-refractivity contribution is 7.17. The molecule has 1 unspecified atom stereocenters. The smallest absolute Gasteiger partial charge is 0.349 e. The molecule has 2 rings (SSSR count). The van der Waals surface area contributed by atoms with Crippen LogP contribution in [0.1, 0.15) is 22.5 Å². The number of ether oxygens (including phenoxy) is 1. The summed E-state index contributed by atoms with van der Waals surface area (Å²) in [6, 6.07) is 0.559. The van der Waals surface area contributed by atoms with Gasteiger partial charge in [-0.15, -0.1) is 0 Å². The predicted molar refractivity (Wildman–Crippen MR) is 72.4 cm³/mol. The third-order valence-electron chi connectivity index (χ3n) is 3.28. The molecule has 0 amide bonds. The van der Waals surface area contributed by atoms with Crippen LogP contribution in [-0.4, -0.2) is 56.2 Å². The van der Waals surface area contributed by atoms with Crippen LogP contribution in [0.5, 0.6) is 0 Å². The van der Waals surface area contributed by atoms with Crippen molar-refractivity contribution in [3.05, 3.63) is 11.1 Å². The molecule has 5 nitrogen and oxygen atoms in total. The van der Waals surface area contributed by atoms with Crippen LogP contribution in [0.4, 0.5) is 5.13 Å². The first kappa shape index (κ1) is 13.3. The first-order chi connectivity index (χ1) is 8.61. The Morgan fingerprint density at radius 3 is 3.06 bits per heavy atom. The third kappa shape index (κ3) is 2.81. The van der Waals surface area contributed by atoms with Crippen molar-refractivity contribution >= 4 is 22.4 Å². The van der Waals surface area contributed by atoms with Gasteiger partial charge in [-0.1, -0.05) is 11.3 Å². The lowest BCUT2D eigenvalue weighted by Gasteiger charge is -2.35. The van der Waals surface area contributed by atoms with Crippen molar-refractivity contribution in [2.75, 3.05) is 39.2 Å². The summed E-state index contributed by atoms with van der Waals surface area (Å²) in [5.41, 5.74) is 0. The maximum atomic E-state index is 11.4. The Morgan fingerprint density at radius 1 is 1.61 bits per heavy atom. The van der Waals surface area contributed by atoms with E-state index >= 15 is 0 Å². The van der Waals surface area contributed by atoms with Gasteiger partial charge in [-0.2, -0.15) is 0 Å². The Hall–Kier alpha value is -1.14. The number of aromatic nitrogens is 1. The predicted octanol–water partition coefficient (Wildman–Crippen LogP) is 1.46. The Morgan fingerprint density at radius 2 is 2.39 bits per heavy atom. The second kappa shape index (κ2) is 5.67. The summed E-state index contributed by atoms with van der Waals surface area (Å²) in [5.74, 6) is -0.306. The van der Waals surface area contributed by atoms with Gasteiger partial charge >= 0.3 is 5.97 Å². The number of hydrogen-bond acceptors (Lipinski definition) is 6. The van der Waals surface area contributed by atoms with Crippen molar-refractivity contribution in [2.24, 2.45) is 0 Å². The van der Waals surface area contributed by atoms with Gasteiger partial charge in [0.05, 0.1) is 13.3 Å². The molecule has 0 N–H and O–H groups in total. The number of carbonyl (C=O) groups excluding carboxylic acids is 1. The Balaban J connectivity index is 2.07. The fraction of sp³-hybridized carbons (Fsp3) is 0.667. The molecule has 0 radical (unpaired) electrons. The summed E-state index contributed by atoms with van der Waals surface area (Å²) in [4.78, 5) is 20.8. The molecule has 100 valence electrons. The zero-order valence-electron chi connectivity index (χ0n) is 11.0. The van der Waals surface area contributed by atoms with Gasteiger partial charge in [-0.05, 0) is 26.9 Å². The first-order valence-electron chi connectivity index (χ1n) is 6.07. The van der Waals surface area contributed by atoms with Crippen LogP contribution in [0.25, 0.3) is 0 Å². The lowest BCUT2D eigenvalue weighted by Crippen LogP contribution is -2.45. The number of hydrogen-bond donors (Lipinski definition) is 0. The quantitative estimate of drug-likeness (QED) is 0.777. The molecule has 1 aromatic heterocycles. The monoisotopic (exact) mass is 269 g/mol. The second-order valence-electron chi connectivity index (χ2n) is 4.70. The van der Waals surface area contributed by atoms with Crippen molar-refractivity contribution < 1.29 is 9.53 Å². The molecule has 0 bridgehead atoms. The SMILES string of the molecule is COC(=O)c1cnc(N2CCCC(N(C)C)C2)s1. The summed E-state index contributed by atoms with van der Waals surface area (Å²) in [6.45, 7) is 1.99. The van der Waals surface area contributed by atoms with E-state index in [2.05, 4.69) is 28.9 Å². The van der Waals surface area contributed by atoms with Gasteiger partial charge in [-0.3, -0.25) is 0 Å². The van der Waals surface area contributed by atoms with Crippen molar-refractivity contribution in [1.29, 1.82) is 0 Å². The maximum absolute atomic E-state index is 11.4. The molecule has 1 atom stereocenters. The van der Waals surface area contributed by atoms with Gasteiger partial charge in [0.15, 0.2) is 5.13 Å². The van der Waals surface area contributed by atoms with Crippen molar-refractivity contribution in [1.82, 2.24) is 9.88 Å². The molecular weight excluding hydrogens is 250 g/mol. The number of methoxy groups -OCH3 is 1. The highest BCUT2D eigenvalue weighted by Gasteiger charge is 2.24.